The average molecular weight is 628 g/mol. The summed E-state index contributed by atoms with van der Waals surface area (Å²) in [6, 6.07) is 62.0. The van der Waals surface area contributed by atoms with Crippen LogP contribution >= 0.6 is 0 Å². The van der Waals surface area contributed by atoms with Crippen LogP contribution in [0.15, 0.2) is 185 Å². The molecule has 0 atom stereocenters. The van der Waals surface area contributed by atoms with Gasteiger partial charge in [0.15, 0.2) is 0 Å². The molecule has 49 heavy (non-hydrogen) atoms. The van der Waals surface area contributed by atoms with Crippen LogP contribution in [-0.2, 0) is 0 Å². The quantitative estimate of drug-likeness (QED) is 0.190. The monoisotopic (exact) mass is 627 g/mol. The van der Waals surface area contributed by atoms with Gasteiger partial charge in [-0.25, -0.2) is 0 Å². The Kier molecular flexibility index (Phi) is 6.18. The van der Waals surface area contributed by atoms with Gasteiger partial charge < -0.3 is 13.7 Å². The summed E-state index contributed by atoms with van der Waals surface area (Å²) in [5.74, 6) is 0. The number of hydrogen-bond acceptors (Lipinski definition) is 3. The Hall–Kier alpha value is -6.58. The first-order chi connectivity index (χ1) is 24.3. The van der Waals surface area contributed by atoms with Gasteiger partial charge in [-0.05, 0) is 99.8 Å². The SMILES string of the molecule is c1ccc(-c2cc3oc4ccccc4c3c3cc(-c4ccc(N(c5ccccc5)c5ccc6oc7ccccc7c6c5)cc4)ccc23)cc1. The molecule has 2 aromatic heterocycles. The zero-order valence-corrected chi connectivity index (χ0v) is 26.5. The molecule has 10 rings (SSSR count). The molecule has 0 aliphatic rings. The minimum atomic E-state index is 0.888. The number of fused-ring (bicyclic) bond motifs is 8. The van der Waals surface area contributed by atoms with Crippen LogP contribution in [0, 0.1) is 0 Å². The Labute approximate surface area is 282 Å². The molecule has 0 fully saturated rings. The minimum absolute atomic E-state index is 0.888. The third-order valence-corrected chi connectivity index (χ3v) is 9.65. The van der Waals surface area contributed by atoms with Crippen LogP contribution in [0.5, 0.6) is 0 Å². The number of hydrogen-bond donors (Lipinski definition) is 0. The summed E-state index contributed by atoms with van der Waals surface area (Å²) in [4.78, 5) is 2.30. The molecule has 0 unspecified atom stereocenters. The van der Waals surface area contributed by atoms with Crippen molar-refractivity contribution in [1.29, 1.82) is 0 Å². The lowest BCUT2D eigenvalue weighted by Crippen LogP contribution is -2.09. The van der Waals surface area contributed by atoms with Gasteiger partial charge in [-0.15, -0.1) is 0 Å². The van der Waals surface area contributed by atoms with E-state index in [0.717, 1.165) is 72.1 Å². The first kappa shape index (κ1) is 27.5. The Bertz CT molecular complexity index is 2810. The van der Waals surface area contributed by atoms with Gasteiger partial charge in [-0.3, -0.25) is 0 Å². The summed E-state index contributed by atoms with van der Waals surface area (Å²) in [5.41, 5.74) is 11.5. The summed E-state index contributed by atoms with van der Waals surface area (Å²) in [5, 5.41) is 6.91. The van der Waals surface area contributed by atoms with Gasteiger partial charge >= 0.3 is 0 Å². The van der Waals surface area contributed by atoms with Crippen molar-refractivity contribution in [3.63, 3.8) is 0 Å². The van der Waals surface area contributed by atoms with E-state index in [2.05, 4.69) is 163 Å². The van der Waals surface area contributed by atoms with Crippen LogP contribution < -0.4 is 4.90 Å². The molecule has 0 amide bonds. The van der Waals surface area contributed by atoms with Crippen LogP contribution in [0.4, 0.5) is 17.1 Å². The van der Waals surface area contributed by atoms with Gasteiger partial charge in [-0.1, -0.05) is 109 Å². The van der Waals surface area contributed by atoms with Gasteiger partial charge in [0.25, 0.3) is 0 Å². The van der Waals surface area contributed by atoms with E-state index in [1.165, 1.54) is 21.9 Å². The minimum Gasteiger partial charge on any atom is -0.456 e. The number of anilines is 3. The second-order valence-corrected chi connectivity index (χ2v) is 12.5. The van der Waals surface area contributed by atoms with Crippen LogP contribution in [0.25, 0.3) is 76.9 Å². The first-order valence-electron chi connectivity index (χ1n) is 16.6. The third-order valence-electron chi connectivity index (χ3n) is 9.65. The number of nitrogens with zero attached hydrogens (tertiary/aromatic N) is 1. The van der Waals surface area contributed by atoms with Crippen molar-refractivity contribution in [2.75, 3.05) is 4.90 Å². The van der Waals surface area contributed by atoms with Gasteiger partial charge in [0.05, 0.1) is 0 Å². The predicted octanol–water partition coefficient (Wildman–Crippen LogP) is 13.4. The summed E-state index contributed by atoms with van der Waals surface area (Å²) in [6.07, 6.45) is 0. The highest BCUT2D eigenvalue weighted by Gasteiger charge is 2.18. The Balaban J connectivity index is 1.11. The molecule has 3 heteroatoms. The van der Waals surface area contributed by atoms with Crippen molar-refractivity contribution in [3.05, 3.63) is 176 Å². The first-order valence-corrected chi connectivity index (χ1v) is 16.6. The normalized spacial score (nSPS) is 11.7. The largest absolute Gasteiger partial charge is 0.456 e. The van der Waals surface area contributed by atoms with E-state index in [1.807, 2.05) is 18.2 Å². The highest BCUT2D eigenvalue weighted by Crippen LogP contribution is 2.43. The zero-order chi connectivity index (χ0) is 32.3. The number of furan rings is 2. The fraction of sp³-hybridized carbons (Fsp3) is 0. The molecular formula is C46H29NO2. The van der Waals surface area contributed by atoms with Crippen LogP contribution in [0.3, 0.4) is 0 Å². The fourth-order valence-electron chi connectivity index (χ4n) is 7.36. The van der Waals surface area contributed by atoms with E-state index in [0.29, 0.717) is 0 Å². The molecule has 8 aromatic carbocycles. The molecule has 10 aromatic rings. The molecule has 0 aliphatic heterocycles. The molecule has 0 radical (unpaired) electrons. The van der Waals surface area contributed by atoms with Gasteiger partial charge in [0.2, 0.25) is 0 Å². The summed E-state index contributed by atoms with van der Waals surface area (Å²) < 4.78 is 12.6. The van der Waals surface area contributed by atoms with E-state index in [-0.39, 0.29) is 0 Å². The number of para-hydroxylation sites is 3. The molecule has 0 aliphatic carbocycles. The van der Waals surface area contributed by atoms with Crippen LogP contribution in [0.2, 0.25) is 0 Å². The highest BCUT2D eigenvalue weighted by molar-refractivity contribution is 6.22. The molecule has 0 N–H and O–H groups in total. The highest BCUT2D eigenvalue weighted by atomic mass is 16.3. The average Bonchev–Trinajstić information content (AvgIpc) is 3.74. The van der Waals surface area contributed by atoms with Crippen molar-refractivity contribution in [3.8, 4) is 22.3 Å². The smallest absolute Gasteiger partial charge is 0.136 e. The van der Waals surface area contributed by atoms with Gasteiger partial charge in [0.1, 0.15) is 22.3 Å². The van der Waals surface area contributed by atoms with Crippen LogP contribution in [-0.4, -0.2) is 0 Å². The maximum Gasteiger partial charge on any atom is 0.136 e. The predicted molar refractivity (Wildman–Crippen MR) is 204 cm³/mol. The molecule has 230 valence electrons. The Morgan fingerprint density at radius 2 is 0.898 bits per heavy atom. The lowest BCUT2D eigenvalue weighted by Gasteiger charge is -2.25. The Morgan fingerprint density at radius 1 is 0.306 bits per heavy atom. The van der Waals surface area contributed by atoms with E-state index >= 15 is 0 Å². The van der Waals surface area contributed by atoms with Crippen LogP contribution in [0.1, 0.15) is 0 Å². The Morgan fingerprint density at radius 3 is 1.69 bits per heavy atom. The van der Waals surface area contributed by atoms with Crippen molar-refractivity contribution in [2.24, 2.45) is 0 Å². The van der Waals surface area contributed by atoms with E-state index in [4.69, 9.17) is 8.83 Å². The molecule has 0 bridgehead atoms. The molecule has 0 saturated heterocycles. The van der Waals surface area contributed by atoms with E-state index < -0.39 is 0 Å². The standard InChI is InChI=1S/C46H29NO2/c1-3-11-31(12-4-1)39-29-45-46(38-16-8-10-18-43(38)49-45)41-27-32(21-25-36(39)41)30-19-22-34(23-20-30)47(33-13-5-2-6-14-33)35-24-26-44-40(28-35)37-15-7-9-17-42(37)48-44/h1-29H. The number of benzene rings is 8. The second kappa shape index (κ2) is 11.0. The molecule has 3 nitrogen and oxygen atoms in total. The molecule has 0 spiro atoms. The zero-order valence-electron chi connectivity index (χ0n) is 26.5. The number of rotatable bonds is 5. The maximum absolute atomic E-state index is 6.43. The summed E-state index contributed by atoms with van der Waals surface area (Å²) in [6.45, 7) is 0. The van der Waals surface area contributed by atoms with Crippen molar-refractivity contribution in [2.45, 2.75) is 0 Å². The molecular weight excluding hydrogens is 599 g/mol. The summed E-state index contributed by atoms with van der Waals surface area (Å²) in [7, 11) is 0. The van der Waals surface area contributed by atoms with Gasteiger partial charge in [0, 0.05) is 38.6 Å². The summed E-state index contributed by atoms with van der Waals surface area (Å²) >= 11 is 0. The van der Waals surface area contributed by atoms with Gasteiger partial charge in [-0.2, -0.15) is 0 Å². The van der Waals surface area contributed by atoms with Crippen molar-refractivity contribution < 1.29 is 8.83 Å². The topological polar surface area (TPSA) is 29.5 Å². The van der Waals surface area contributed by atoms with E-state index in [1.54, 1.807) is 0 Å². The fourth-order valence-corrected chi connectivity index (χ4v) is 7.36. The van der Waals surface area contributed by atoms with Crippen molar-refractivity contribution >= 4 is 71.7 Å². The molecule has 0 saturated carbocycles. The maximum atomic E-state index is 6.43. The van der Waals surface area contributed by atoms with Crippen molar-refractivity contribution in [1.82, 2.24) is 0 Å². The lowest BCUT2D eigenvalue weighted by atomic mass is 9.92. The van der Waals surface area contributed by atoms with E-state index in [9.17, 15) is 0 Å². The second-order valence-electron chi connectivity index (χ2n) is 12.5. The molecule has 2 heterocycles. The lowest BCUT2D eigenvalue weighted by molar-refractivity contribution is 0.668. The third kappa shape index (κ3) is 4.51.